The van der Waals surface area contributed by atoms with Gasteiger partial charge in [0.2, 0.25) is 5.95 Å². The van der Waals surface area contributed by atoms with Crippen molar-refractivity contribution in [3.05, 3.63) is 17.5 Å². The number of rotatable bonds is 3. The molecule has 1 saturated heterocycles. The zero-order chi connectivity index (χ0) is 11.5. The van der Waals surface area contributed by atoms with Crippen molar-refractivity contribution in [3.8, 4) is 0 Å². The molecule has 4 heteroatoms. The smallest absolute Gasteiger partial charge is 0.225 e. The van der Waals surface area contributed by atoms with Crippen LogP contribution in [0.1, 0.15) is 37.1 Å². The Morgan fingerprint density at radius 3 is 2.62 bits per heavy atom. The maximum absolute atomic E-state index is 4.60. The maximum atomic E-state index is 4.60. The van der Waals surface area contributed by atoms with Gasteiger partial charge in [-0.15, -0.1) is 0 Å². The van der Waals surface area contributed by atoms with Gasteiger partial charge in [0.05, 0.1) is 0 Å². The number of hydrogen-bond acceptors (Lipinski definition) is 4. The molecule has 1 aromatic rings. The summed E-state index contributed by atoms with van der Waals surface area (Å²) in [7, 11) is 1.96. The second-order valence-electron chi connectivity index (χ2n) is 4.42. The summed E-state index contributed by atoms with van der Waals surface area (Å²) in [5, 5.41) is 3.22. The van der Waals surface area contributed by atoms with E-state index in [1.165, 1.54) is 18.4 Å². The summed E-state index contributed by atoms with van der Waals surface area (Å²) < 4.78 is 0. The third kappa shape index (κ3) is 2.16. The lowest BCUT2D eigenvalue weighted by Crippen LogP contribution is -2.22. The van der Waals surface area contributed by atoms with Crippen molar-refractivity contribution in [1.29, 1.82) is 0 Å². The second-order valence-corrected chi connectivity index (χ2v) is 4.42. The topological polar surface area (TPSA) is 41.1 Å². The van der Waals surface area contributed by atoms with Crippen LogP contribution in [0.5, 0.6) is 0 Å². The Morgan fingerprint density at radius 2 is 2.06 bits per heavy atom. The Labute approximate surface area is 97.1 Å². The number of hydrogen-bond donors (Lipinski definition) is 1. The quantitative estimate of drug-likeness (QED) is 0.841. The van der Waals surface area contributed by atoms with Gasteiger partial charge in [0.15, 0.2) is 0 Å². The molecule has 1 aliphatic rings. The average molecular weight is 220 g/mol. The fourth-order valence-electron chi connectivity index (χ4n) is 2.11. The lowest BCUT2D eigenvalue weighted by molar-refractivity contribution is 0.639. The molecule has 1 aliphatic heterocycles. The molecule has 0 aromatic carbocycles. The molecule has 4 nitrogen and oxygen atoms in total. The van der Waals surface area contributed by atoms with E-state index in [4.69, 9.17) is 0 Å². The van der Waals surface area contributed by atoms with Crippen LogP contribution in [0.3, 0.4) is 0 Å². The van der Waals surface area contributed by atoms with Gasteiger partial charge in [0, 0.05) is 36.6 Å². The monoisotopic (exact) mass is 220 g/mol. The second kappa shape index (κ2) is 4.78. The molecule has 1 fully saturated rings. The zero-order valence-corrected chi connectivity index (χ0v) is 10.3. The standard InChI is InChI=1S/C12H20N4/c1-9(13-3)11-8-14-12(15-10(11)2)16-6-4-5-7-16/h8-9,13H,4-7H2,1-3H3. The highest BCUT2D eigenvalue weighted by Crippen LogP contribution is 2.19. The number of aromatic nitrogens is 2. The van der Waals surface area contributed by atoms with E-state index in [-0.39, 0.29) is 0 Å². The van der Waals surface area contributed by atoms with E-state index < -0.39 is 0 Å². The molecule has 1 aromatic heterocycles. The molecule has 88 valence electrons. The summed E-state index contributed by atoms with van der Waals surface area (Å²) in [4.78, 5) is 11.3. The SMILES string of the molecule is CNC(C)c1cnc(N2CCCC2)nc1C. The highest BCUT2D eigenvalue weighted by molar-refractivity contribution is 5.34. The molecule has 2 rings (SSSR count). The van der Waals surface area contributed by atoms with Crippen LogP contribution in [0.15, 0.2) is 6.20 Å². The van der Waals surface area contributed by atoms with Gasteiger partial charge in [-0.1, -0.05) is 0 Å². The lowest BCUT2D eigenvalue weighted by Gasteiger charge is -2.18. The highest BCUT2D eigenvalue weighted by Gasteiger charge is 2.16. The Kier molecular flexibility index (Phi) is 3.39. The number of nitrogens with one attached hydrogen (secondary N) is 1. The third-order valence-electron chi connectivity index (χ3n) is 3.29. The van der Waals surface area contributed by atoms with Gasteiger partial charge in [-0.3, -0.25) is 0 Å². The summed E-state index contributed by atoms with van der Waals surface area (Å²) >= 11 is 0. The van der Waals surface area contributed by atoms with E-state index >= 15 is 0 Å². The molecule has 1 atom stereocenters. The minimum Gasteiger partial charge on any atom is -0.341 e. The molecule has 0 bridgehead atoms. The third-order valence-corrected chi connectivity index (χ3v) is 3.29. The van der Waals surface area contributed by atoms with E-state index in [2.05, 4.69) is 34.0 Å². The maximum Gasteiger partial charge on any atom is 0.225 e. The minimum atomic E-state index is 0.313. The van der Waals surface area contributed by atoms with Gasteiger partial charge in [-0.25, -0.2) is 9.97 Å². The summed E-state index contributed by atoms with van der Waals surface area (Å²) in [6.07, 6.45) is 4.48. The van der Waals surface area contributed by atoms with Crippen LogP contribution in [0, 0.1) is 6.92 Å². The Bertz CT molecular complexity index is 358. The molecule has 0 spiro atoms. The largest absolute Gasteiger partial charge is 0.341 e. The molecule has 0 aliphatic carbocycles. The van der Waals surface area contributed by atoms with E-state index in [9.17, 15) is 0 Å². The molecule has 16 heavy (non-hydrogen) atoms. The molecule has 0 saturated carbocycles. The molecule has 0 radical (unpaired) electrons. The zero-order valence-electron chi connectivity index (χ0n) is 10.3. The van der Waals surface area contributed by atoms with Gasteiger partial charge < -0.3 is 10.2 Å². The predicted octanol–water partition coefficient (Wildman–Crippen LogP) is 1.67. The van der Waals surface area contributed by atoms with E-state index in [0.717, 1.165) is 24.7 Å². The molecular weight excluding hydrogens is 200 g/mol. The van der Waals surface area contributed by atoms with Gasteiger partial charge in [-0.05, 0) is 33.7 Å². The van der Waals surface area contributed by atoms with Gasteiger partial charge in [-0.2, -0.15) is 0 Å². The summed E-state index contributed by atoms with van der Waals surface area (Å²) in [5.41, 5.74) is 2.27. The number of nitrogens with zero attached hydrogens (tertiary/aromatic N) is 3. The van der Waals surface area contributed by atoms with E-state index in [0.29, 0.717) is 6.04 Å². The summed E-state index contributed by atoms with van der Waals surface area (Å²) in [6, 6.07) is 0.313. The van der Waals surface area contributed by atoms with Gasteiger partial charge in [0.1, 0.15) is 0 Å². The van der Waals surface area contributed by atoms with Crippen molar-refractivity contribution in [2.75, 3.05) is 25.0 Å². The fraction of sp³-hybridized carbons (Fsp3) is 0.667. The van der Waals surface area contributed by atoms with Crippen LogP contribution in [0.2, 0.25) is 0 Å². The average Bonchev–Trinajstić information content (AvgIpc) is 2.81. The van der Waals surface area contributed by atoms with Crippen LogP contribution in [-0.2, 0) is 0 Å². The minimum absolute atomic E-state index is 0.313. The fourth-order valence-corrected chi connectivity index (χ4v) is 2.11. The summed E-state index contributed by atoms with van der Waals surface area (Å²) in [6.45, 7) is 6.38. The first-order valence-electron chi connectivity index (χ1n) is 5.98. The van der Waals surface area contributed by atoms with Crippen LogP contribution < -0.4 is 10.2 Å². The van der Waals surface area contributed by atoms with Crippen molar-refractivity contribution in [2.24, 2.45) is 0 Å². The van der Waals surface area contributed by atoms with Gasteiger partial charge in [0.25, 0.3) is 0 Å². The van der Waals surface area contributed by atoms with Crippen molar-refractivity contribution < 1.29 is 0 Å². The first-order chi connectivity index (χ1) is 7.72. The predicted molar refractivity (Wildman–Crippen MR) is 65.7 cm³/mol. The molecule has 2 heterocycles. The van der Waals surface area contributed by atoms with E-state index in [1.807, 2.05) is 13.2 Å². The first kappa shape index (κ1) is 11.3. The Morgan fingerprint density at radius 1 is 1.38 bits per heavy atom. The van der Waals surface area contributed by atoms with Crippen LogP contribution >= 0.6 is 0 Å². The van der Waals surface area contributed by atoms with Crippen molar-refractivity contribution >= 4 is 5.95 Å². The van der Waals surface area contributed by atoms with Crippen molar-refractivity contribution in [2.45, 2.75) is 32.7 Å². The summed E-state index contributed by atoms with van der Waals surface area (Å²) in [5.74, 6) is 0.891. The van der Waals surface area contributed by atoms with Crippen LogP contribution in [-0.4, -0.2) is 30.1 Å². The Balaban J connectivity index is 2.21. The molecule has 0 amide bonds. The number of aryl methyl sites for hydroxylation is 1. The molecule has 1 N–H and O–H groups in total. The van der Waals surface area contributed by atoms with Crippen LogP contribution in [0.4, 0.5) is 5.95 Å². The first-order valence-corrected chi connectivity index (χ1v) is 5.98. The van der Waals surface area contributed by atoms with Crippen LogP contribution in [0.25, 0.3) is 0 Å². The van der Waals surface area contributed by atoms with Crippen molar-refractivity contribution in [3.63, 3.8) is 0 Å². The number of anilines is 1. The highest BCUT2D eigenvalue weighted by atomic mass is 15.3. The molecule has 1 unspecified atom stereocenters. The Hall–Kier alpha value is -1.16. The van der Waals surface area contributed by atoms with E-state index in [1.54, 1.807) is 0 Å². The molecular formula is C12H20N4. The van der Waals surface area contributed by atoms with Crippen molar-refractivity contribution in [1.82, 2.24) is 15.3 Å². The lowest BCUT2D eigenvalue weighted by atomic mass is 10.1. The van der Waals surface area contributed by atoms with Gasteiger partial charge >= 0.3 is 0 Å². The normalized spacial score (nSPS) is 17.8.